The summed E-state index contributed by atoms with van der Waals surface area (Å²) in [6.45, 7) is 0.682. The van der Waals surface area contributed by atoms with Crippen LogP contribution in [0, 0.1) is 0 Å². The monoisotopic (exact) mass is 476 g/mol. The van der Waals surface area contributed by atoms with Gasteiger partial charge in [0.15, 0.2) is 0 Å². The van der Waals surface area contributed by atoms with Gasteiger partial charge in [-0.25, -0.2) is 4.79 Å². The van der Waals surface area contributed by atoms with Gasteiger partial charge in [0.1, 0.15) is 5.75 Å². The van der Waals surface area contributed by atoms with E-state index in [4.69, 9.17) is 33.3 Å². The van der Waals surface area contributed by atoms with Crippen molar-refractivity contribution in [2.24, 2.45) is 0 Å². The molecule has 0 saturated carbocycles. The first-order valence-corrected chi connectivity index (χ1v) is 11.4. The van der Waals surface area contributed by atoms with E-state index in [0.29, 0.717) is 28.1 Å². The molecule has 0 saturated heterocycles. The number of benzene rings is 3. The standard InChI is InChI=1S/C26H21ClN2O3S/c1-31-25(30)17-9-7-16(8-10-17)24-23-20(21-15-18(27)11-12-22(21)28-23)13-14-29(24)26(33)32-19-5-3-2-4-6-19/h2-12,15,24,28H,13-14H2,1H3. The maximum atomic E-state index is 11.9. The molecule has 7 heteroatoms. The van der Waals surface area contributed by atoms with Crippen molar-refractivity contribution in [2.75, 3.05) is 13.7 Å². The molecule has 166 valence electrons. The number of hydrogen-bond donors (Lipinski definition) is 1. The Kier molecular flexibility index (Phi) is 5.79. The molecule has 1 N–H and O–H groups in total. The summed E-state index contributed by atoms with van der Waals surface area (Å²) < 4.78 is 10.9. The summed E-state index contributed by atoms with van der Waals surface area (Å²) in [6.07, 6.45) is 0.796. The van der Waals surface area contributed by atoms with Gasteiger partial charge in [-0.05, 0) is 72.2 Å². The van der Waals surface area contributed by atoms with E-state index in [1.165, 1.54) is 12.7 Å². The lowest BCUT2D eigenvalue weighted by Crippen LogP contribution is -2.42. The fourth-order valence-corrected chi connectivity index (χ4v) is 4.84. The van der Waals surface area contributed by atoms with E-state index in [9.17, 15) is 4.79 Å². The molecule has 4 aromatic rings. The summed E-state index contributed by atoms with van der Waals surface area (Å²) in [4.78, 5) is 17.6. The number of aromatic nitrogens is 1. The highest BCUT2D eigenvalue weighted by Crippen LogP contribution is 2.39. The number of carbonyl (C=O) groups excluding carboxylic acids is 1. The van der Waals surface area contributed by atoms with Gasteiger partial charge in [0, 0.05) is 28.2 Å². The topological polar surface area (TPSA) is 54.6 Å². The Morgan fingerprint density at radius 2 is 1.85 bits per heavy atom. The van der Waals surface area contributed by atoms with Crippen LogP contribution >= 0.6 is 23.8 Å². The first kappa shape index (κ1) is 21.5. The number of esters is 1. The number of aromatic amines is 1. The maximum absolute atomic E-state index is 11.9. The molecule has 3 aromatic carbocycles. The van der Waals surface area contributed by atoms with Gasteiger partial charge >= 0.3 is 5.97 Å². The summed E-state index contributed by atoms with van der Waals surface area (Å²) in [5.74, 6) is 0.322. The van der Waals surface area contributed by atoms with Gasteiger partial charge < -0.3 is 19.4 Å². The van der Waals surface area contributed by atoms with E-state index in [1.807, 2.05) is 60.7 Å². The number of carbonyl (C=O) groups is 1. The van der Waals surface area contributed by atoms with Crippen molar-refractivity contribution in [1.82, 2.24) is 9.88 Å². The number of H-pyrrole nitrogens is 1. The minimum absolute atomic E-state index is 0.206. The molecule has 0 fully saturated rings. The highest BCUT2D eigenvalue weighted by Gasteiger charge is 2.34. The van der Waals surface area contributed by atoms with Crippen molar-refractivity contribution in [3.63, 3.8) is 0 Å². The van der Waals surface area contributed by atoms with Crippen LogP contribution in [0.25, 0.3) is 10.9 Å². The van der Waals surface area contributed by atoms with E-state index in [-0.39, 0.29) is 12.0 Å². The zero-order valence-electron chi connectivity index (χ0n) is 17.9. The molecule has 1 aliphatic rings. The molecule has 33 heavy (non-hydrogen) atoms. The van der Waals surface area contributed by atoms with Gasteiger partial charge in [0.25, 0.3) is 5.17 Å². The predicted octanol–water partition coefficient (Wildman–Crippen LogP) is 5.92. The number of ether oxygens (including phenoxy) is 2. The molecule has 5 nitrogen and oxygen atoms in total. The van der Waals surface area contributed by atoms with E-state index >= 15 is 0 Å². The first-order chi connectivity index (χ1) is 16.0. The van der Waals surface area contributed by atoms with Gasteiger partial charge in [0.05, 0.1) is 18.7 Å². The third-order valence-electron chi connectivity index (χ3n) is 5.92. The molecule has 0 amide bonds. The molecule has 5 rings (SSSR count). The van der Waals surface area contributed by atoms with E-state index in [2.05, 4.69) is 9.88 Å². The van der Waals surface area contributed by atoms with Crippen molar-refractivity contribution in [2.45, 2.75) is 12.5 Å². The van der Waals surface area contributed by atoms with Crippen LogP contribution in [-0.4, -0.2) is 34.7 Å². The average molecular weight is 477 g/mol. The molecular weight excluding hydrogens is 456 g/mol. The third-order valence-corrected chi connectivity index (χ3v) is 6.47. The van der Waals surface area contributed by atoms with Crippen molar-refractivity contribution >= 4 is 45.9 Å². The van der Waals surface area contributed by atoms with Gasteiger partial charge in [0.2, 0.25) is 0 Å². The fraction of sp³-hybridized carbons (Fsp3) is 0.154. The Balaban J connectivity index is 1.58. The lowest BCUT2D eigenvalue weighted by molar-refractivity contribution is 0.0600. The molecule has 2 heterocycles. The molecule has 0 aliphatic carbocycles. The van der Waals surface area contributed by atoms with Crippen LogP contribution in [-0.2, 0) is 11.2 Å². The van der Waals surface area contributed by atoms with Crippen LogP contribution in [0.15, 0.2) is 72.8 Å². The quantitative estimate of drug-likeness (QED) is 0.294. The van der Waals surface area contributed by atoms with Crippen molar-refractivity contribution in [3.05, 3.63) is 100 Å². The zero-order valence-corrected chi connectivity index (χ0v) is 19.5. The molecule has 1 aliphatic heterocycles. The molecule has 0 radical (unpaired) electrons. The van der Waals surface area contributed by atoms with Crippen LogP contribution in [0.5, 0.6) is 5.75 Å². The SMILES string of the molecule is COC(=O)c1ccc(C2c3[nH]c4ccc(Cl)cc4c3CCN2C(=S)Oc2ccccc2)cc1. The Labute approximate surface area is 201 Å². The van der Waals surface area contributed by atoms with Crippen molar-refractivity contribution in [3.8, 4) is 5.75 Å². The van der Waals surface area contributed by atoms with Gasteiger partial charge in [-0.15, -0.1) is 0 Å². The highest BCUT2D eigenvalue weighted by molar-refractivity contribution is 7.80. The number of rotatable bonds is 3. The van der Waals surface area contributed by atoms with Crippen LogP contribution in [0.4, 0.5) is 0 Å². The van der Waals surface area contributed by atoms with Crippen LogP contribution < -0.4 is 4.74 Å². The second kappa shape index (κ2) is 8.89. The highest BCUT2D eigenvalue weighted by atomic mass is 35.5. The summed E-state index contributed by atoms with van der Waals surface area (Å²) in [6, 6.07) is 22.6. The molecule has 1 aromatic heterocycles. The Morgan fingerprint density at radius 3 is 2.58 bits per heavy atom. The molecule has 0 spiro atoms. The minimum atomic E-state index is -0.370. The van der Waals surface area contributed by atoms with Gasteiger partial charge in [-0.1, -0.05) is 41.9 Å². The maximum Gasteiger partial charge on any atom is 0.337 e. The number of hydrogen-bond acceptors (Lipinski definition) is 4. The van der Waals surface area contributed by atoms with Crippen molar-refractivity contribution < 1.29 is 14.3 Å². The Bertz CT molecular complexity index is 1340. The summed E-state index contributed by atoms with van der Waals surface area (Å²) >= 11 is 12.0. The summed E-state index contributed by atoms with van der Waals surface area (Å²) in [5, 5.41) is 2.21. The van der Waals surface area contributed by atoms with Gasteiger partial charge in [-0.3, -0.25) is 0 Å². The van der Waals surface area contributed by atoms with E-state index in [1.54, 1.807) is 12.1 Å². The summed E-state index contributed by atoms with van der Waals surface area (Å²) in [7, 11) is 1.38. The molecule has 1 atom stereocenters. The van der Waals surface area contributed by atoms with E-state index < -0.39 is 0 Å². The molecule has 1 unspecified atom stereocenters. The normalized spacial score (nSPS) is 15.2. The number of halogens is 1. The smallest absolute Gasteiger partial charge is 0.337 e. The second-order valence-corrected chi connectivity index (χ2v) is 8.63. The van der Waals surface area contributed by atoms with Crippen molar-refractivity contribution in [1.29, 1.82) is 0 Å². The molecular formula is C26H21ClN2O3S. The van der Waals surface area contributed by atoms with E-state index in [0.717, 1.165) is 28.6 Å². The Morgan fingerprint density at radius 1 is 1.09 bits per heavy atom. The largest absolute Gasteiger partial charge is 0.465 e. The predicted molar refractivity (Wildman–Crippen MR) is 133 cm³/mol. The number of fused-ring (bicyclic) bond motifs is 3. The Hall–Kier alpha value is -3.35. The lowest BCUT2D eigenvalue weighted by Gasteiger charge is -2.37. The number of methoxy groups -OCH3 is 1. The number of para-hydroxylation sites is 1. The minimum Gasteiger partial charge on any atom is -0.465 e. The summed E-state index contributed by atoms with van der Waals surface area (Å²) in [5.41, 5.74) is 4.77. The number of nitrogens with one attached hydrogen (secondary N) is 1. The first-order valence-electron chi connectivity index (χ1n) is 10.6. The van der Waals surface area contributed by atoms with Crippen LogP contribution in [0.3, 0.4) is 0 Å². The fourth-order valence-electron chi connectivity index (χ4n) is 4.37. The molecule has 0 bridgehead atoms. The number of nitrogens with zero attached hydrogens (tertiary/aromatic N) is 1. The average Bonchev–Trinajstić information content (AvgIpc) is 3.21. The second-order valence-electron chi connectivity index (χ2n) is 7.85. The zero-order chi connectivity index (χ0) is 22.9. The van der Waals surface area contributed by atoms with Crippen LogP contribution in [0.1, 0.15) is 33.2 Å². The third kappa shape index (κ3) is 4.08. The number of thiocarbonyl (C=S) groups is 1. The van der Waals surface area contributed by atoms with Crippen LogP contribution in [0.2, 0.25) is 5.02 Å². The van der Waals surface area contributed by atoms with Gasteiger partial charge in [-0.2, -0.15) is 0 Å². The lowest BCUT2D eigenvalue weighted by atomic mass is 9.92.